The van der Waals surface area contributed by atoms with Gasteiger partial charge >= 0.3 is 0 Å². The smallest absolute Gasteiger partial charge is 0.232 e. The van der Waals surface area contributed by atoms with E-state index in [2.05, 4.69) is 14.7 Å². The van der Waals surface area contributed by atoms with Gasteiger partial charge in [-0.2, -0.15) is 0 Å². The van der Waals surface area contributed by atoms with Crippen molar-refractivity contribution in [2.75, 3.05) is 0 Å². The molecule has 0 radical (unpaired) electrons. The Morgan fingerprint density at radius 1 is 1.14 bits per heavy atom. The van der Waals surface area contributed by atoms with Crippen molar-refractivity contribution in [1.29, 1.82) is 0 Å². The predicted octanol–water partition coefficient (Wildman–Crippen LogP) is 3.21. The molecule has 2 heterocycles. The van der Waals surface area contributed by atoms with Gasteiger partial charge < -0.3 is 4.57 Å². The number of rotatable bonds is 5. The molecule has 0 aliphatic heterocycles. The van der Waals surface area contributed by atoms with Crippen LogP contribution in [0.5, 0.6) is 0 Å². The minimum atomic E-state index is -2.09. The summed E-state index contributed by atoms with van der Waals surface area (Å²) in [6.45, 7) is 0.227. The second-order valence-electron chi connectivity index (χ2n) is 6.78. The molecule has 5 rings (SSSR count). The van der Waals surface area contributed by atoms with Crippen LogP contribution < -0.4 is 4.72 Å². The Labute approximate surface area is 160 Å². The third-order valence-corrected chi connectivity index (χ3v) is 5.24. The number of nitrogens with one attached hydrogen (secondary N) is 1. The molecule has 1 atom stereocenters. The highest BCUT2D eigenvalue weighted by molar-refractivity contribution is 7.77. The molecule has 0 bridgehead atoms. The van der Waals surface area contributed by atoms with Crippen molar-refractivity contribution < 1.29 is 17.5 Å². The first-order valence-corrected chi connectivity index (χ1v) is 9.79. The minimum absolute atomic E-state index is 0.199. The van der Waals surface area contributed by atoms with E-state index in [-0.39, 0.29) is 12.6 Å². The first-order chi connectivity index (χ1) is 13.5. The van der Waals surface area contributed by atoms with Crippen molar-refractivity contribution in [3.63, 3.8) is 0 Å². The molecule has 4 aromatic rings. The topological polar surface area (TPSA) is 85.0 Å². The van der Waals surface area contributed by atoms with E-state index in [1.807, 2.05) is 22.8 Å². The fraction of sp³-hybridized carbons (Fsp3) is 0.222. The first-order valence-electron chi connectivity index (χ1n) is 8.69. The molecule has 1 fully saturated rings. The van der Waals surface area contributed by atoms with E-state index >= 15 is 0 Å². The maximum Gasteiger partial charge on any atom is 0.232 e. The van der Waals surface area contributed by atoms with Crippen molar-refractivity contribution in [3.8, 4) is 5.95 Å². The Balaban J connectivity index is 1.64. The maximum atomic E-state index is 13.8. The molecule has 0 saturated heterocycles. The van der Waals surface area contributed by atoms with Crippen LogP contribution in [0.3, 0.4) is 0 Å². The summed E-state index contributed by atoms with van der Waals surface area (Å²) < 4.78 is 53.3. The summed E-state index contributed by atoms with van der Waals surface area (Å²) in [5.41, 5.74) is 3.24. The Morgan fingerprint density at radius 3 is 2.68 bits per heavy atom. The zero-order chi connectivity index (χ0) is 19.4. The molecule has 0 amide bonds. The van der Waals surface area contributed by atoms with Crippen LogP contribution in [0.25, 0.3) is 28.0 Å². The van der Waals surface area contributed by atoms with Gasteiger partial charge in [-0.15, -0.1) is 0 Å². The first kappa shape index (κ1) is 17.4. The van der Waals surface area contributed by atoms with E-state index < -0.39 is 22.9 Å². The van der Waals surface area contributed by atoms with Crippen LogP contribution in [0, 0.1) is 11.6 Å². The molecule has 7 nitrogen and oxygen atoms in total. The van der Waals surface area contributed by atoms with Crippen LogP contribution >= 0.6 is 0 Å². The van der Waals surface area contributed by atoms with Gasteiger partial charge in [0.25, 0.3) is 0 Å². The van der Waals surface area contributed by atoms with Gasteiger partial charge in [0.2, 0.25) is 17.2 Å². The van der Waals surface area contributed by atoms with E-state index in [1.165, 1.54) is 6.07 Å². The zero-order valence-corrected chi connectivity index (χ0v) is 15.3. The summed E-state index contributed by atoms with van der Waals surface area (Å²) in [6, 6.07) is 7.99. The Bertz CT molecular complexity index is 1250. The van der Waals surface area contributed by atoms with Crippen LogP contribution in [0.15, 0.2) is 36.7 Å². The number of benzene rings is 2. The van der Waals surface area contributed by atoms with Crippen molar-refractivity contribution in [1.82, 2.24) is 23.8 Å². The van der Waals surface area contributed by atoms with Gasteiger partial charge in [0.15, 0.2) is 11.6 Å². The van der Waals surface area contributed by atoms with Gasteiger partial charge in [0.05, 0.1) is 22.1 Å². The summed E-state index contributed by atoms with van der Waals surface area (Å²) in [5.74, 6) is -1.25. The molecule has 144 valence electrons. The lowest BCUT2D eigenvalue weighted by molar-refractivity contribution is 0.510. The van der Waals surface area contributed by atoms with Crippen molar-refractivity contribution in [2.24, 2.45) is 0 Å². The van der Waals surface area contributed by atoms with Crippen LogP contribution in [-0.4, -0.2) is 27.9 Å². The second kappa shape index (κ2) is 6.43. The molecule has 28 heavy (non-hydrogen) atoms. The summed E-state index contributed by atoms with van der Waals surface area (Å²) in [5, 5.41) is 0. The second-order valence-corrected chi connectivity index (χ2v) is 7.56. The number of imidazole rings is 2. The predicted molar refractivity (Wildman–Crippen MR) is 100 cm³/mol. The summed E-state index contributed by atoms with van der Waals surface area (Å²) in [7, 11) is 0. The molecule has 2 N–H and O–H groups in total. The molecular weight excluding hydrogens is 388 g/mol. The highest BCUT2D eigenvalue weighted by atomic mass is 32.2. The van der Waals surface area contributed by atoms with Gasteiger partial charge in [-0.3, -0.25) is 9.12 Å². The molecular formula is C18H15F2N5O2S. The molecule has 2 aromatic heterocycles. The maximum absolute atomic E-state index is 13.8. The Kier molecular flexibility index (Phi) is 4.00. The molecule has 2 aromatic carbocycles. The number of fused-ring (bicyclic) bond motifs is 2. The SMILES string of the molecule is O=S(O)NCc1ccc2c(c1)ncn2-c1nc2cc(F)c(F)cc2n1C1CC1. The van der Waals surface area contributed by atoms with Gasteiger partial charge in [-0.25, -0.2) is 27.7 Å². The fourth-order valence-electron chi connectivity index (χ4n) is 3.41. The van der Waals surface area contributed by atoms with Crippen molar-refractivity contribution in [2.45, 2.75) is 25.4 Å². The fourth-order valence-corrected chi connectivity index (χ4v) is 3.70. The van der Waals surface area contributed by atoms with Crippen LogP contribution in [-0.2, 0) is 17.8 Å². The number of nitrogens with zero attached hydrogens (tertiary/aromatic N) is 4. The average molecular weight is 403 g/mol. The lowest BCUT2D eigenvalue weighted by Gasteiger charge is -2.09. The number of halogens is 2. The van der Waals surface area contributed by atoms with Gasteiger partial charge in [-0.05, 0) is 30.5 Å². The van der Waals surface area contributed by atoms with Gasteiger partial charge in [0, 0.05) is 24.7 Å². The molecule has 1 aliphatic rings. The highest BCUT2D eigenvalue weighted by Crippen LogP contribution is 2.40. The lowest BCUT2D eigenvalue weighted by atomic mass is 10.2. The van der Waals surface area contributed by atoms with E-state index in [1.54, 1.807) is 10.9 Å². The van der Waals surface area contributed by atoms with Crippen molar-refractivity contribution in [3.05, 3.63) is 53.9 Å². The van der Waals surface area contributed by atoms with E-state index in [4.69, 9.17) is 4.55 Å². The lowest BCUT2D eigenvalue weighted by Crippen LogP contribution is -2.15. The summed E-state index contributed by atoms with van der Waals surface area (Å²) >= 11 is -2.09. The number of hydrogen-bond acceptors (Lipinski definition) is 3. The number of hydrogen-bond donors (Lipinski definition) is 2. The van der Waals surface area contributed by atoms with Crippen molar-refractivity contribution >= 4 is 33.3 Å². The largest absolute Gasteiger partial charge is 0.306 e. The highest BCUT2D eigenvalue weighted by Gasteiger charge is 2.30. The third-order valence-electron chi connectivity index (χ3n) is 4.85. The Hall–Kier alpha value is -2.69. The molecule has 1 saturated carbocycles. The van der Waals surface area contributed by atoms with E-state index in [0.717, 1.165) is 30.0 Å². The number of aromatic nitrogens is 4. The molecule has 1 unspecified atom stereocenters. The average Bonchev–Trinajstić information content (AvgIpc) is 3.31. The third kappa shape index (κ3) is 2.89. The van der Waals surface area contributed by atoms with E-state index in [0.29, 0.717) is 22.5 Å². The van der Waals surface area contributed by atoms with Crippen LogP contribution in [0.1, 0.15) is 24.4 Å². The summed E-state index contributed by atoms with van der Waals surface area (Å²) in [4.78, 5) is 8.95. The Morgan fingerprint density at radius 2 is 1.93 bits per heavy atom. The normalized spacial score (nSPS) is 15.5. The van der Waals surface area contributed by atoms with Crippen LogP contribution in [0.2, 0.25) is 0 Å². The standard InChI is InChI=1S/C18H15F2N5O2S/c19-12-6-15-17(7-13(12)20)25(11-2-3-11)18(23-15)24-9-21-14-5-10(1-4-16(14)24)8-22-28(26)27/h1,4-7,9,11,22H,2-3,8H2,(H,26,27). The van der Waals surface area contributed by atoms with Crippen LogP contribution in [0.4, 0.5) is 8.78 Å². The molecule has 10 heteroatoms. The molecule has 0 spiro atoms. The minimum Gasteiger partial charge on any atom is -0.306 e. The van der Waals surface area contributed by atoms with E-state index in [9.17, 15) is 13.0 Å². The zero-order valence-electron chi connectivity index (χ0n) is 14.5. The molecule has 1 aliphatic carbocycles. The monoisotopic (exact) mass is 403 g/mol. The van der Waals surface area contributed by atoms with Gasteiger partial charge in [0.1, 0.15) is 6.33 Å². The van der Waals surface area contributed by atoms with Gasteiger partial charge in [-0.1, -0.05) is 6.07 Å². The quantitative estimate of drug-likeness (QED) is 0.501. The summed E-state index contributed by atoms with van der Waals surface area (Å²) in [6.07, 6.45) is 3.54.